The van der Waals surface area contributed by atoms with Crippen LogP contribution in [-0.4, -0.2) is 0 Å². The second-order valence-corrected chi connectivity index (χ2v) is 9.25. The summed E-state index contributed by atoms with van der Waals surface area (Å²) in [5.74, 6) is 3.08. The first kappa shape index (κ1) is 26.5. The van der Waals surface area contributed by atoms with Gasteiger partial charge in [0, 0.05) is 11.8 Å². The SMILES string of the molecule is CCC(C)c1ccc(CCl)cc1.CCC(CC(C)c1ccccc1)c1ccc(CCl)cc1. The molecule has 3 aromatic rings. The quantitative estimate of drug-likeness (QED) is 0.274. The Balaban J connectivity index is 0.000000258. The zero-order chi connectivity index (χ0) is 23.3. The van der Waals surface area contributed by atoms with E-state index in [4.69, 9.17) is 23.2 Å². The van der Waals surface area contributed by atoms with E-state index >= 15 is 0 Å². The van der Waals surface area contributed by atoms with Crippen molar-refractivity contribution in [1.29, 1.82) is 0 Å². The highest BCUT2D eigenvalue weighted by atomic mass is 35.5. The van der Waals surface area contributed by atoms with Gasteiger partial charge in [-0.2, -0.15) is 0 Å². The number of hydrogen-bond donors (Lipinski definition) is 0. The Labute approximate surface area is 206 Å². The van der Waals surface area contributed by atoms with Gasteiger partial charge in [0.25, 0.3) is 0 Å². The first-order valence-electron chi connectivity index (χ1n) is 11.9. The van der Waals surface area contributed by atoms with E-state index in [1.165, 1.54) is 47.1 Å². The third-order valence-corrected chi connectivity index (χ3v) is 7.04. The summed E-state index contributed by atoms with van der Waals surface area (Å²) in [6, 6.07) is 28.1. The van der Waals surface area contributed by atoms with Crippen molar-refractivity contribution in [2.75, 3.05) is 0 Å². The topological polar surface area (TPSA) is 0 Å². The molecule has 2 heteroatoms. The number of alkyl halides is 2. The number of halogens is 2. The molecule has 3 rings (SSSR count). The Kier molecular flexibility index (Phi) is 11.9. The molecule has 0 radical (unpaired) electrons. The van der Waals surface area contributed by atoms with Gasteiger partial charge in [-0.05, 0) is 64.8 Å². The molecule has 172 valence electrons. The molecule has 32 heavy (non-hydrogen) atoms. The van der Waals surface area contributed by atoms with Crippen LogP contribution in [0.5, 0.6) is 0 Å². The Morgan fingerprint density at radius 3 is 1.47 bits per heavy atom. The maximum atomic E-state index is 5.86. The molecular formula is C30H38Cl2. The van der Waals surface area contributed by atoms with Crippen LogP contribution in [0.3, 0.4) is 0 Å². The minimum atomic E-state index is 0.592. The molecule has 3 aromatic carbocycles. The summed E-state index contributed by atoms with van der Waals surface area (Å²) >= 11 is 11.5. The fraction of sp³-hybridized carbons (Fsp3) is 0.400. The first-order valence-corrected chi connectivity index (χ1v) is 12.9. The molecule has 0 N–H and O–H groups in total. The lowest BCUT2D eigenvalue weighted by Gasteiger charge is -2.21. The third-order valence-electron chi connectivity index (χ3n) is 6.42. The van der Waals surface area contributed by atoms with Crippen LogP contribution in [0.15, 0.2) is 78.9 Å². The van der Waals surface area contributed by atoms with E-state index in [2.05, 4.69) is 107 Å². The molecule has 3 unspecified atom stereocenters. The largest absolute Gasteiger partial charge is 0.122 e. The maximum absolute atomic E-state index is 5.86. The van der Waals surface area contributed by atoms with Gasteiger partial charge >= 0.3 is 0 Å². The summed E-state index contributed by atoms with van der Waals surface area (Å²) in [5.41, 5.74) is 6.67. The molecule has 0 saturated heterocycles. The second kappa shape index (κ2) is 14.4. The molecule has 0 nitrogen and oxygen atoms in total. The van der Waals surface area contributed by atoms with Crippen molar-refractivity contribution < 1.29 is 0 Å². The monoisotopic (exact) mass is 468 g/mol. The Hall–Kier alpha value is -1.76. The van der Waals surface area contributed by atoms with Crippen molar-refractivity contribution >= 4 is 23.2 Å². The molecule has 0 spiro atoms. The summed E-state index contributed by atoms with van der Waals surface area (Å²) < 4.78 is 0. The lowest BCUT2D eigenvalue weighted by Crippen LogP contribution is -2.03. The molecule has 0 amide bonds. The average molecular weight is 470 g/mol. The zero-order valence-electron chi connectivity index (χ0n) is 20.0. The van der Waals surface area contributed by atoms with Crippen LogP contribution in [0, 0.1) is 0 Å². The predicted octanol–water partition coefficient (Wildman–Crippen LogP) is 10.1. The van der Waals surface area contributed by atoms with Gasteiger partial charge in [0.05, 0.1) is 0 Å². The number of rotatable bonds is 9. The lowest BCUT2D eigenvalue weighted by molar-refractivity contribution is 0.544. The molecule has 0 aliphatic heterocycles. The van der Waals surface area contributed by atoms with Crippen LogP contribution in [0.25, 0.3) is 0 Å². The summed E-state index contributed by atoms with van der Waals surface area (Å²) in [5, 5.41) is 0. The van der Waals surface area contributed by atoms with Crippen molar-refractivity contribution in [3.63, 3.8) is 0 Å². The van der Waals surface area contributed by atoms with Gasteiger partial charge in [-0.1, -0.05) is 107 Å². The van der Waals surface area contributed by atoms with E-state index in [0.717, 1.165) is 0 Å². The van der Waals surface area contributed by atoms with Gasteiger partial charge in [-0.3, -0.25) is 0 Å². The Bertz CT molecular complexity index is 869. The molecule has 0 heterocycles. The van der Waals surface area contributed by atoms with Crippen LogP contribution in [-0.2, 0) is 11.8 Å². The molecule has 0 bridgehead atoms. The van der Waals surface area contributed by atoms with Crippen LogP contribution < -0.4 is 0 Å². The smallest absolute Gasteiger partial charge is 0.0474 e. The summed E-state index contributed by atoms with van der Waals surface area (Å²) in [6.45, 7) is 9.05. The van der Waals surface area contributed by atoms with Gasteiger partial charge in [0.15, 0.2) is 0 Å². The standard InChI is InChI=1S/C19H23Cl.C11H15Cl/c1-3-17(19-11-9-16(14-20)10-12-19)13-15(2)18-7-5-4-6-8-18;1-3-9(2)11-6-4-10(8-12)5-7-11/h4-12,15,17H,3,13-14H2,1-2H3;4-7,9H,3,8H2,1-2H3. The summed E-state index contributed by atoms with van der Waals surface area (Å²) in [7, 11) is 0. The number of benzene rings is 3. The fourth-order valence-corrected chi connectivity index (χ4v) is 4.29. The fourth-order valence-electron chi connectivity index (χ4n) is 3.93. The van der Waals surface area contributed by atoms with Crippen LogP contribution in [0.4, 0.5) is 0 Å². The van der Waals surface area contributed by atoms with E-state index in [1.807, 2.05) is 0 Å². The Morgan fingerprint density at radius 1 is 0.562 bits per heavy atom. The normalized spacial score (nSPS) is 13.6. The minimum absolute atomic E-state index is 0.592. The van der Waals surface area contributed by atoms with Crippen LogP contribution >= 0.6 is 23.2 Å². The van der Waals surface area contributed by atoms with E-state index in [1.54, 1.807) is 0 Å². The highest BCUT2D eigenvalue weighted by Crippen LogP contribution is 2.32. The van der Waals surface area contributed by atoms with Crippen molar-refractivity contribution in [2.24, 2.45) is 0 Å². The van der Waals surface area contributed by atoms with Gasteiger partial charge in [0.2, 0.25) is 0 Å². The van der Waals surface area contributed by atoms with E-state index in [-0.39, 0.29) is 0 Å². The molecule has 3 atom stereocenters. The molecule has 0 aliphatic rings. The van der Waals surface area contributed by atoms with Crippen molar-refractivity contribution in [3.8, 4) is 0 Å². The molecular weight excluding hydrogens is 431 g/mol. The molecule has 0 aliphatic carbocycles. The second-order valence-electron chi connectivity index (χ2n) is 8.71. The van der Waals surface area contributed by atoms with Gasteiger partial charge in [-0.15, -0.1) is 23.2 Å². The van der Waals surface area contributed by atoms with Gasteiger partial charge in [0.1, 0.15) is 0 Å². The Morgan fingerprint density at radius 2 is 1.03 bits per heavy atom. The number of hydrogen-bond acceptors (Lipinski definition) is 0. The van der Waals surface area contributed by atoms with Crippen LogP contribution in [0.1, 0.15) is 92.5 Å². The molecule has 0 saturated carbocycles. The first-order chi connectivity index (χ1) is 15.5. The summed E-state index contributed by atoms with van der Waals surface area (Å²) in [4.78, 5) is 0. The van der Waals surface area contributed by atoms with Crippen LogP contribution in [0.2, 0.25) is 0 Å². The van der Waals surface area contributed by atoms with Crippen molar-refractivity contribution in [3.05, 3.63) is 107 Å². The van der Waals surface area contributed by atoms with Gasteiger partial charge in [-0.25, -0.2) is 0 Å². The van der Waals surface area contributed by atoms with Gasteiger partial charge < -0.3 is 0 Å². The molecule has 0 fully saturated rings. The molecule has 0 aromatic heterocycles. The minimum Gasteiger partial charge on any atom is -0.122 e. The highest BCUT2D eigenvalue weighted by Gasteiger charge is 2.15. The van der Waals surface area contributed by atoms with Crippen molar-refractivity contribution in [1.82, 2.24) is 0 Å². The van der Waals surface area contributed by atoms with E-state index in [0.29, 0.717) is 29.5 Å². The highest BCUT2D eigenvalue weighted by molar-refractivity contribution is 6.17. The van der Waals surface area contributed by atoms with E-state index in [9.17, 15) is 0 Å². The summed E-state index contributed by atoms with van der Waals surface area (Å²) in [6.07, 6.45) is 3.57. The lowest BCUT2D eigenvalue weighted by atomic mass is 9.84. The van der Waals surface area contributed by atoms with Crippen molar-refractivity contribution in [2.45, 2.75) is 76.5 Å². The zero-order valence-corrected chi connectivity index (χ0v) is 21.5. The maximum Gasteiger partial charge on any atom is 0.0474 e. The predicted molar refractivity (Wildman–Crippen MR) is 143 cm³/mol. The van der Waals surface area contributed by atoms with E-state index < -0.39 is 0 Å². The third kappa shape index (κ3) is 8.30. The average Bonchev–Trinajstić information content (AvgIpc) is 2.87.